The van der Waals surface area contributed by atoms with Gasteiger partial charge in [-0.2, -0.15) is 0 Å². The molecule has 1 amide bonds. The van der Waals surface area contributed by atoms with E-state index in [0.29, 0.717) is 10.0 Å². The van der Waals surface area contributed by atoms with Gasteiger partial charge < -0.3 is 19.5 Å². The first-order chi connectivity index (χ1) is 10.3. The number of ether oxygens (including phenoxy) is 2. The number of halogens is 1. The number of phenols is 1. The van der Waals surface area contributed by atoms with E-state index in [1.54, 1.807) is 26.2 Å². The molecule has 0 saturated carbocycles. The number of hydrogen-bond donors (Lipinski definition) is 1. The van der Waals surface area contributed by atoms with E-state index >= 15 is 0 Å². The molecule has 0 aliphatic heterocycles. The molecule has 0 saturated heterocycles. The van der Waals surface area contributed by atoms with Crippen molar-refractivity contribution in [1.82, 2.24) is 4.90 Å². The minimum atomic E-state index is -0.853. The molecule has 1 aromatic rings. The molecule has 22 heavy (non-hydrogen) atoms. The lowest BCUT2D eigenvalue weighted by atomic mass is 10.2. The molecule has 1 rings (SSSR count). The molecule has 0 spiro atoms. The zero-order valence-electron chi connectivity index (χ0n) is 12.8. The van der Waals surface area contributed by atoms with E-state index < -0.39 is 12.1 Å². The molecular formula is C15H18BrNO5. The van der Waals surface area contributed by atoms with Crippen LogP contribution in [0.15, 0.2) is 22.7 Å². The zero-order chi connectivity index (χ0) is 16.9. The number of hydrogen-bond acceptors (Lipinski definition) is 5. The molecule has 6 nitrogen and oxygen atoms in total. The number of nitrogens with zero attached hydrogens (tertiary/aromatic N) is 1. The smallest absolute Gasteiger partial charge is 0.331 e. The van der Waals surface area contributed by atoms with Crippen LogP contribution in [0, 0.1) is 0 Å². The third-order valence-electron chi connectivity index (χ3n) is 2.76. The van der Waals surface area contributed by atoms with Gasteiger partial charge in [-0.25, -0.2) is 4.79 Å². The number of rotatable bonds is 5. The maximum absolute atomic E-state index is 11.7. The number of benzene rings is 1. The Labute approximate surface area is 137 Å². The molecular weight excluding hydrogens is 354 g/mol. The van der Waals surface area contributed by atoms with E-state index in [0.717, 1.165) is 0 Å². The summed E-state index contributed by atoms with van der Waals surface area (Å²) >= 11 is 3.19. The molecule has 0 unspecified atom stereocenters. The molecule has 0 aliphatic carbocycles. The van der Waals surface area contributed by atoms with Crippen molar-refractivity contribution in [2.24, 2.45) is 0 Å². The fourth-order valence-electron chi connectivity index (χ4n) is 1.64. The van der Waals surface area contributed by atoms with Crippen molar-refractivity contribution in [1.29, 1.82) is 0 Å². The fourth-order valence-corrected chi connectivity index (χ4v) is 2.10. The van der Waals surface area contributed by atoms with Gasteiger partial charge in [-0.3, -0.25) is 4.79 Å². The highest BCUT2D eigenvalue weighted by Crippen LogP contribution is 2.35. The fraction of sp³-hybridized carbons (Fsp3) is 0.333. The molecule has 7 heteroatoms. The van der Waals surface area contributed by atoms with Gasteiger partial charge in [-0.1, -0.05) is 0 Å². The van der Waals surface area contributed by atoms with E-state index in [2.05, 4.69) is 15.9 Å². The Morgan fingerprint density at radius 1 is 1.36 bits per heavy atom. The summed E-state index contributed by atoms with van der Waals surface area (Å²) < 4.78 is 10.5. The molecule has 0 bridgehead atoms. The van der Waals surface area contributed by atoms with Gasteiger partial charge >= 0.3 is 5.97 Å². The quantitative estimate of drug-likeness (QED) is 0.634. The Hall–Kier alpha value is -2.02. The summed E-state index contributed by atoms with van der Waals surface area (Å²) in [5, 5.41) is 9.70. The Kier molecular flexibility index (Phi) is 6.42. The minimum absolute atomic E-state index is 0.0209. The van der Waals surface area contributed by atoms with Crippen LogP contribution in [0.4, 0.5) is 0 Å². The first-order valence-electron chi connectivity index (χ1n) is 6.42. The lowest BCUT2D eigenvalue weighted by Crippen LogP contribution is -2.34. The molecule has 0 heterocycles. The Morgan fingerprint density at radius 3 is 2.55 bits per heavy atom. The highest BCUT2D eigenvalue weighted by molar-refractivity contribution is 9.10. The summed E-state index contributed by atoms with van der Waals surface area (Å²) in [5.41, 5.74) is 0.630. The third-order valence-corrected chi connectivity index (χ3v) is 3.37. The van der Waals surface area contributed by atoms with Gasteiger partial charge in [0.1, 0.15) is 0 Å². The largest absolute Gasteiger partial charge is 0.503 e. The van der Waals surface area contributed by atoms with Crippen molar-refractivity contribution in [3.8, 4) is 11.5 Å². The summed E-state index contributed by atoms with van der Waals surface area (Å²) in [6.07, 6.45) is 1.85. The maximum atomic E-state index is 11.7. The van der Waals surface area contributed by atoms with Crippen LogP contribution in [0.2, 0.25) is 0 Å². The second-order valence-corrected chi connectivity index (χ2v) is 5.55. The van der Waals surface area contributed by atoms with E-state index in [4.69, 9.17) is 9.47 Å². The van der Waals surface area contributed by atoms with Gasteiger partial charge in [0.25, 0.3) is 5.91 Å². The number of amides is 1. The number of aromatic hydroxyl groups is 1. The van der Waals surface area contributed by atoms with Crippen molar-refractivity contribution in [3.05, 3.63) is 28.2 Å². The first-order valence-corrected chi connectivity index (χ1v) is 7.22. The van der Waals surface area contributed by atoms with Crippen molar-refractivity contribution >= 4 is 33.9 Å². The molecule has 1 atom stereocenters. The number of carbonyl (C=O) groups excluding carboxylic acids is 2. The normalized spacial score (nSPS) is 12.0. The molecule has 0 aromatic heterocycles. The Bertz CT molecular complexity index is 598. The summed E-state index contributed by atoms with van der Waals surface area (Å²) in [7, 11) is 4.60. The highest BCUT2D eigenvalue weighted by atomic mass is 79.9. The summed E-state index contributed by atoms with van der Waals surface area (Å²) in [5.74, 6) is -0.673. The number of carbonyl (C=O) groups is 2. The van der Waals surface area contributed by atoms with Crippen LogP contribution in [-0.2, 0) is 14.3 Å². The summed E-state index contributed by atoms with van der Waals surface area (Å²) in [4.78, 5) is 24.6. The first kappa shape index (κ1) is 18.0. The monoisotopic (exact) mass is 371 g/mol. The Balaban J connectivity index is 2.78. The van der Waals surface area contributed by atoms with Crippen LogP contribution < -0.4 is 4.74 Å². The lowest BCUT2D eigenvalue weighted by molar-refractivity contribution is -0.153. The predicted octanol–water partition coefficient (Wildman–Crippen LogP) is 2.20. The van der Waals surface area contributed by atoms with Crippen LogP contribution in [0.5, 0.6) is 11.5 Å². The second-order valence-electron chi connectivity index (χ2n) is 4.70. The van der Waals surface area contributed by atoms with Crippen molar-refractivity contribution < 1.29 is 24.2 Å². The van der Waals surface area contributed by atoms with Crippen molar-refractivity contribution in [2.45, 2.75) is 13.0 Å². The topological polar surface area (TPSA) is 76.1 Å². The second kappa shape index (κ2) is 7.84. The number of esters is 1. The highest BCUT2D eigenvalue weighted by Gasteiger charge is 2.18. The molecule has 1 aromatic carbocycles. The average molecular weight is 372 g/mol. The third kappa shape index (κ3) is 4.77. The van der Waals surface area contributed by atoms with Crippen LogP contribution in [0.1, 0.15) is 12.5 Å². The summed E-state index contributed by atoms with van der Waals surface area (Å²) in [6.45, 7) is 1.51. The summed E-state index contributed by atoms with van der Waals surface area (Å²) in [6, 6.07) is 3.19. The van der Waals surface area contributed by atoms with Gasteiger partial charge in [-0.15, -0.1) is 0 Å². The molecule has 0 aliphatic rings. The number of methoxy groups -OCH3 is 1. The van der Waals surface area contributed by atoms with E-state index in [-0.39, 0.29) is 17.4 Å². The van der Waals surface area contributed by atoms with Crippen LogP contribution in [0.25, 0.3) is 6.08 Å². The lowest BCUT2D eigenvalue weighted by Gasteiger charge is -2.16. The minimum Gasteiger partial charge on any atom is -0.503 e. The van der Waals surface area contributed by atoms with Gasteiger partial charge in [0.15, 0.2) is 17.6 Å². The standard InChI is InChI=1S/C15H18BrNO5/c1-9(15(20)17(2)3)22-13(18)6-5-10-7-11(16)14(19)12(8-10)21-4/h5-9,19H,1-4H3/b6-5+/t9-/m1/s1. The molecule has 1 N–H and O–H groups in total. The van der Waals surface area contributed by atoms with Gasteiger partial charge in [0, 0.05) is 20.2 Å². The van der Waals surface area contributed by atoms with E-state index in [1.807, 2.05) is 0 Å². The maximum Gasteiger partial charge on any atom is 0.331 e. The predicted molar refractivity (Wildman–Crippen MR) is 85.6 cm³/mol. The van der Waals surface area contributed by atoms with Crippen LogP contribution >= 0.6 is 15.9 Å². The number of phenolic OH excluding ortho intramolecular Hbond substituents is 1. The van der Waals surface area contributed by atoms with E-state index in [9.17, 15) is 14.7 Å². The van der Waals surface area contributed by atoms with Gasteiger partial charge in [0.2, 0.25) is 0 Å². The molecule has 0 fully saturated rings. The number of likely N-dealkylation sites (N-methyl/N-ethyl adjacent to an activating group) is 1. The van der Waals surface area contributed by atoms with Crippen LogP contribution in [0.3, 0.4) is 0 Å². The average Bonchev–Trinajstić information content (AvgIpc) is 2.47. The van der Waals surface area contributed by atoms with Crippen molar-refractivity contribution in [2.75, 3.05) is 21.2 Å². The van der Waals surface area contributed by atoms with E-state index in [1.165, 1.54) is 31.1 Å². The Morgan fingerprint density at radius 2 is 2.00 bits per heavy atom. The van der Waals surface area contributed by atoms with Gasteiger partial charge in [-0.05, 0) is 46.6 Å². The van der Waals surface area contributed by atoms with Crippen LogP contribution in [-0.4, -0.2) is 49.2 Å². The SMILES string of the molecule is COc1cc(/C=C/C(=O)O[C@H](C)C(=O)N(C)C)cc(Br)c1O. The van der Waals surface area contributed by atoms with Gasteiger partial charge in [0.05, 0.1) is 11.6 Å². The van der Waals surface area contributed by atoms with Crippen molar-refractivity contribution in [3.63, 3.8) is 0 Å². The molecule has 0 radical (unpaired) electrons. The zero-order valence-corrected chi connectivity index (χ0v) is 14.4. The molecule has 120 valence electrons.